The first-order chi connectivity index (χ1) is 67.3. The van der Waals surface area contributed by atoms with Crippen molar-refractivity contribution >= 4 is 124 Å². The van der Waals surface area contributed by atoms with Crippen LogP contribution in [-0.4, -0.2) is 31.5 Å². The monoisotopic (exact) mass is 1850 g/mol. The van der Waals surface area contributed by atoms with Crippen LogP contribution in [0.25, 0.3) is 172 Å². The maximum Gasteiger partial charge on any atom is 0.564 e. The Hall–Kier alpha value is -26.0. The molecule has 2 heterocycles. The number of fused-ring (bicyclic) bond motifs is 1. The first kappa shape index (κ1) is 108. The third-order valence-electron chi connectivity index (χ3n) is 16.3. The summed E-state index contributed by atoms with van der Waals surface area (Å²) in [7, 11) is 0. The summed E-state index contributed by atoms with van der Waals surface area (Å²) in [4.78, 5) is 88.6. The highest BCUT2D eigenvalue weighted by Crippen LogP contribution is 2.51. The first-order valence-corrected chi connectivity index (χ1v) is 35.4. The molecular formula is C94H14Cl2F4N38O2. The van der Waals surface area contributed by atoms with Gasteiger partial charge in [0.1, 0.15) is 185 Å². The largest absolute Gasteiger partial charge is 0.564 e. The second kappa shape index (κ2) is 52.7. The Bertz CT molecular complexity index is 8570. The Morgan fingerprint density at radius 2 is 0.607 bits per heavy atom. The number of nitriles is 17. The molecule has 10 rings (SSSR count). The summed E-state index contributed by atoms with van der Waals surface area (Å²) < 4.78 is 54.6. The standard InChI is InChI=1S/C18H4N8.C16H6N4.C12F4N4.C12N6.C12H4N4.C10N6.C8Cl2N2O2.C6N4/c1-21-17(22-2)18-25-12-5-3-10-14-11(4-6-13(26-18)15(12)14)24-16(23-10)9(7-19)8-20;1-19-16(20-2)14-6-5-11-7-13(15(9-17)10-18)4-3-12(11)8-14;1-19-12(20-2)7-10(15)8(13)6(5(3-17)4-18)9(14)11(7)16;1-17-8(5-15)11-10(7(3-13)4-14)12(11)9(6-16)18-2;1-15-12(16-2)10-5-3-9(4-6-10)11(7-13)8-14;1-14-9(7(4-11)5-12)8(6-13)10(15-2)16-3;1-11-5-6(12-2)8(14)4(10)3(9)7(5)13;1-9-6(10-2)5(3-7)4-8/h3-6H;3-8H;;;3-6H;;;/b;;;11-8-,12-9-;;;;. The van der Waals surface area contributed by atoms with Crippen LogP contribution in [0.4, 0.5) is 17.6 Å². The van der Waals surface area contributed by atoms with Crippen LogP contribution in [0.5, 0.6) is 0 Å². The van der Waals surface area contributed by atoms with Crippen LogP contribution in [0, 0.1) is 328 Å². The van der Waals surface area contributed by atoms with E-state index in [1.807, 2.05) is 12.1 Å². The topological polar surface area (TPSA) is 564 Å². The Labute approximate surface area is 793 Å². The highest BCUT2D eigenvalue weighted by molar-refractivity contribution is 6.59. The lowest BCUT2D eigenvalue weighted by Crippen LogP contribution is -2.30. The lowest BCUT2D eigenvalue weighted by Gasteiger charge is -2.08. The van der Waals surface area contributed by atoms with Crippen molar-refractivity contribution in [1.29, 1.82) is 89.5 Å². The number of carbonyl (C=O) groups excluding carboxylic acids is 2. The molecule has 0 atom stereocenters. The van der Waals surface area contributed by atoms with Gasteiger partial charge in [-0.1, -0.05) is 71.7 Å². The number of rotatable bonds is 1. The van der Waals surface area contributed by atoms with Crippen molar-refractivity contribution in [3.8, 4) is 103 Å². The maximum absolute atomic E-state index is 13.6. The Morgan fingerprint density at radius 3 is 0.914 bits per heavy atom. The van der Waals surface area contributed by atoms with Gasteiger partial charge in [0, 0.05) is 21.2 Å². The van der Waals surface area contributed by atoms with E-state index in [-0.39, 0.29) is 78.8 Å². The van der Waals surface area contributed by atoms with Crippen molar-refractivity contribution in [2.24, 2.45) is 0 Å². The summed E-state index contributed by atoms with van der Waals surface area (Å²) in [6, 6.07) is 50.1. The minimum atomic E-state index is -2.01. The third kappa shape index (κ3) is 24.3. The normalized spacial score (nSPS) is 10.2. The van der Waals surface area contributed by atoms with Crippen molar-refractivity contribution in [2.75, 3.05) is 0 Å². The molecule has 0 radical (unpaired) electrons. The van der Waals surface area contributed by atoms with Crippen LogP contribution >= 0.6 is 23.2 Å². The molecule has 2 aliphatic rings. The van der Waals surface area contributed by atoms with Gasteiger partial charge in [0.2, 0.25) is 28.1 Å². The van der Waals surface area contributed by atoms with Gasteiger partial charge in [0.05, 0.1) is 111 Å². The number of ketones is 2. The summed E-state index contributed by atoms with van der Waals surface area (Å²) in [5.41, 5.74) is -2.95. The van der Waals surface area contributed by atoms with Crippen LogP contribution in [0.3, 0.4) is 0 Å². The van der Waals surface area contributed by atoms with Crippen molar-refractivity contribution in [3.63, 3.8) is 0 Å². The van der Waals surface area contributed by atoms with Crippen LogP contribution < -0.4 is 42.3 Å². The summed E-state index contributed by atoms with van der Waals surface area (Å²) in [5, 5.41) is 148. The molecule has 634 valence electrons. The summed E-state index contributed by atoms with van der Waals surface area (Å²) >= 11 is 10.8. The van der Waals surface area contributed by atoms with Crippen LogP contribution in [-0.2, 0) is 9.59 Å². The van der Waals surface area contributed by atoms with E-state index in [9.17, 15) is 27.2 Å². The van der Waals surface area contributed by atoms with E-state index >= 15 is 0 Å². The van der Waals surface area contributed by atoms with Crippen molar-refractivity contribution in [1.82, 2.24) is 19.9 Å². The molecule has 8 aromatic rings. The molecule has 0 aliphatic heterocycles. The van der Waals surface area contributed by atoms with Gasteiger partial charge in [-0.05, 0) is 63.9 Å². The zero-order chi connectivity index (χ0) is 105. The molecule has 6 aromatic carbocycles. The average molecular weight is 1850 g/mol. The molecule has 46 heteroatoms. The highest BCUT2D eigenvalue weighted by Gasteiger charge is 2.40. The van der Waals surface area contributed by atoms with E-state index in [1.165, 1.54) is 30.3 Å². The van der Waals surface area contributed by atoms with Crippen LogP contribution in [0.15, 0.2) is 174 Å². The molecule has 0 amide bonds. The van der Waals surface area contributed by atoms with Crippen molar-refractivity contribution < 1.29 is 27.2 Å². The molecular weight excluding hydrogens is 1840 g/mol. The van der Waals surface area contributed by atoms with E-state index in [0.29, 0.717) is 53.7 Å². The van der Waals surface area contributed by atoms with Gasteiger partial charge in [0.15, 0.2) is 51.5 Å². The predicted octanol–water partition coefficient (Wildman–Crippen LogP) is 11.8. The SMILES string of the molecule is [C-]#[N+]/C(C#N)=C1/C(=C(C#N)C#N)/C1=C(\C#N)[N+]#[C-].[C-]#[N+]C([N+]#[C-])=C(C#N)C#N.[C-]#[N+]C([N+]#[C-])=C(C#N)C([N+]#[C-])=C(C#N)C#N.[C-]#[N+]C([N+]#[C-])=c1c(F)c(F)c(=C(C#N)C#N)c(F)c1F.[C-]#[N+]C([N+]#[C-])=c1ccc(=C(C#N)C#N)cc1.[C-]#[N+]C([N+]#[C-])=c1ccc2cc(=C(C#N)C#N)ccc2c1.[C-]#[N+]C([N+]#[C-])=c1nc2ccc3nc(=C(C#N)C#N)nc4ccc(n1)c2c34.[C-]#[N+]C1=C([N+]#[C-])C(=O)C(Cl)=C(Cl)C1=O. The van der Waals surface area contributed by atoms with E-state index in [4.69, 9.17) is 224 Å². The molecule has 1 fully saturated rings. The molecule has 0 unspecified atom stereocenters. The minimum absolute atomic E-state index is 0.0127. The molecule has 0 bridgehead atoms. The summed E-state index contributed by atoms with van der Waals surface area (Å²) in [6.07, 6.45) is 0. The third-order valence-corrected chi connectivity index (χ3v) is 17.1. The number of nitrogens with zero attached hydrogens (tertiary/aromatic N) is 38. The van der Waals surface area contributed by atoms with Crippen LogP contribution in [0.2, 0.25) is 0 Å². The number of carbonyl (C=O) groups is 2. The Kier molecular flexibility index (Phi) is 40.7. The fourth-order valence-corrected chi connectivity index (χ4v) is 10.5. The molecule has 2 aromatic heterocycles. The predicted molar refractivity (Wildman–Crippen MR) is 468 cm³/mol. The maximum atomic E-state index is 13.6. The van der Waals surface area contributed by atoms with Gasteiger partial charge >= 0.3 is 34.9 Å². The van der Waals surface area contributed by atoms with E-state index in [2.05, 4.69) is 102 Å². The van der Waals surface area contributed by atoms with Gasteiger partial charge < -0.3 is 9.59 Å². The number of allylic oxidation sites excluding steroid dienone is 11. The first-order valence-electron chi connectivity index (χ1n) is 34.6. The van der Waals surface area contributed by atoms with Gasteiger partial charge in [0.25, 0.3) is 11.4 Å². The number of hydrogen-bond donors (Lipinski definition) is 0. The number of Topliss-reactive ketones (excluding diaryl/α,β-unsaturated/α-hetero) is 2. The second-order valence-corrected chi connectivity index (χ2v) is 24.1. The fraction of sp³-hybridized carbons (Fsp3) is 0. The fourth-order valence-electron chi connectivity index (χ4n) is 10.2. The van der Waals surface area contributed by atoms with E-state index in [0.717, 1.165) is 22.9 Å². The second-order valence-electron chi connectivity index (χ2n) is 23.3. The number of aromatic nitrogens is 4. The minimum Gasteiger partial charge on any atom is -0.303 e. The molecule has 0 saturated heterocycles. The van der Waals surface area contributed by atoms with Crippen LogP contribution in [0.1, 0.15) is 0 Å². The van der Waals surface area contributed by atoms with Gasteiger partial charge in [-0.25, -0.2) is 72.2 Å². The van der Waals surface area contributed by atoms with Gasteiger partial charge in [-0.15, -0.1) is 0 Å². The summed E-state index contributed by atoms with van der Waals surface area (Å²) in [6.45, 7) is 114. The number of halogens is 6. The Morgan fingerprint density at radius 1 is 0.286 bits per heavy atom. The van der Waals surface area contributed by atoms with Crippen molar-refractivity contribution in [3.05, 3.63) is 434 Å². The molecule has 0 spiro atoms. The number of hydrogen-bond acceptors (Lipinski definition) is 23. The molecule has 1 saturated carbocycles. The summed E-state index contributed by atoms with van der Waals surface area (Å²) in [5.74, 6) is -12.3. The van der Waals surface area contributed by atoms with E-state index in [1.54, 1.807) is 133 Å². The molecule has 140 heavy (non-hydrogen) atoms. The zero-order valence-corrected chi connectivity index (χ0v) is 69.7. The molecule has 2 aliphatic carbocycles. The van der Waals surface area contributed by atoms with Gasteiger partial charge in [-0.3, -0.25) is 0 Å². The zero-order valence-electron chi connectivity index (χ0n) is 68.2. The van der Waals surface area contributed by atoms with E-state index < -0.39 is 112 Å². The smallest absolute Gasteiger partial charge is 0.303 e. The number of benzene rings is 6. The average Bonchev–Trinajstić information content (AvgIpc) is 1.28. The quantitative estimate of drug-likeness (QED) is 0.0280. The molecule has 40 nitrogen and oxygen atoms in total. The highest BCUT2D eigenvalue weighted by atomic mass is 35.5. The molecule has 0 N–H and O–H groups in total. The Balaban J connectivity index is 0.000000417. The van der Waals surface area contributed by atoms with Gasteiger partial charge in [-0.2, -0.15) is 137 Å². The lowest BCUT2D eigenvalue weighted by molar-refractivity contribution is -0.115. The lowest BCUT2D eigenvalue weighted by atomic mass is 10.1. The van der Waals surface area contributed by atoms with Crippen molar-refractivity contribution in [2.45, 2.75) is 0 Å².